The van der Waals surface area contributed by atoms with Crippen LogP contribution in [-0.4, -0.2) is 34.6 Å². The fourth-order valence-electron chi connectivity index (χ4n) is 6.47. The molecule has 2 rings (SSSR count). The Balaban J connectivity index is -0.00000140. The highest BCUT2D eigenvalue weighted by atomic mass is 16.4. The van der Waals surface area contributed by atoms with Gasteiger partial charge in [0.2, 0.25) is 0 Å². The van der Waals surface area contributed by atoms with Crippen LogP contribution < -0.4 is 5.73 Å². The molecule has 0 saturated heterocycles. The van der Waals surface area contributed by atoms with Crippen LogP contribution >= 0.6 is 0 Å². The van der Waals surface area contributed by atoms with Gasteiger partial charge in [-0.3, -0.25) is 9.59 Å². The summed E-state index contributed by atoms with van der Waals surface area (Å²) in [4.78, 5) is 22.9. The van der Waals surface area contributed by atoms with Crippen molar-refractivity contribution in [2.75, 3.05) is 7.11 Å². The Hall–Kier alpha value is -0.940. The molecule has 0 bridgehead atoms. The molecule has 5 unspecified atom stereocenters. The highest BCUT2D eigenvalue weighted by Gasteiger charge is 2.53. The van der Waals surface area contributed by atoms with E-state index in [1.165, 1.54) is 12.8 Å². The Morgan fingerprint density at radius 1 is 1.05 bits per heavy atom. The van der Waals surface area contributed by atoms with E-state index in [4.69, 9.17) is 15.9 Å². The summed E-state index contributed by atoms with van der Waals surface area (Å²) >= 11 is 0. The summed E-state index contributed by atoms with van der Waals surface area (Å²) in [6, 6.07) is 0. The van der Waals surface area contributed by atoms with E-state index in [0.29, 0.717) is 23.5 Å². The van der Waals surface area contributed by atoms with E-state index in [1.807, 2.05) is 41.5 Å². The topological polar surface area (TPSA) is 101 Å². The Bertz CT molecular complexity index is 606. The van der Waals surface area contributed by atoms with Gasteiger partial charge in [0, 0.05) is 31.9 Å². The molecule has 2 aliphatic carbocycles. The van der Waals surface area contributed by atoms with Gasteiger partial charge >= 0.3 is 5.97 Å². The maximum atomic E-state index is 12.0. The van der Waals surface area contributed by atoms with E-state index in [-0.39, 0.29) is 22.8 Å². The molecule has 2 aliphatic rings. The number of aliphatic carboxylic acids is 1. The monoisotopic (exact) mass is 544 g/mol. The first-order valence-electron chi connectivity index (χ1n) is 15.9. The number of carbonyl (C=O) groups is 2. The van der Waals surface area contributed by atoms with Crippen LogP contribution in [0, 0.1) is 28.6 Å². The predicted molar refractivity (Wildman–Crippen MR) is 165 cm³/mol. The minimum Gasteiger partial charge on any atom is -0.481 e. The number of aliphatic hydroxyl groups excluding tert-OH is 1. The number of aliphatic hydroxyl groups is 1. The first-order valence-corrected chi connectivity index (χ1v) is 15.9. The lowest BCUT2D eigenvalue weighted by molar-refractivity contribution is -0.137. The molecule has 2 saturated carbocycles. The third-order valence-corrected chi connectivity index (χ3v) is 9.10. The molecular formula is C33H69NO4. The molecule has 0 aliphatic heterocycles. The fourth-order valence-corrected chi connectivity index (χ4v) is 6.47. The van der Waals surface area contributed by atoms with Gasteiger partial charge in [0.05, 0.1) is 0 Å². The van der Waals surface area contributed by atoms with Crippen molar-refractivity contribution >= 4 is 11.8 Å². The number of carboxylic acids is 1. The number of fused-ring (bicyclic) bond motifs is 1. The highest BCUT2D eigenvalue weighted by molar-refractivity contribution is 5.79. The SMILES string of the molecule is CC.CC.CC.CCCC(C)C(CCCC(=O)O)CCC(C)(C)C1(N)CCC2CC(=O)CCC2(C)C1.CO. The van der Waals surface area contributed by atoms with E-state index < -0.39 is 5.97 Å². The van der Waals surface area contributed by atoms with Gasteiger partial charge in [-0.2, -0.15) is 0 Å². The van der Waals surface area contributed by atoms with Gasteiger partial charge in [-0.25, -0.2) is 0 Å². The van der Waals surface area contributed by atoms with Gasteiger partial charge in [-0.1, -0.05) is 89.0 Å². The van der Waals surface area contributed by atoms with Crippen molar-refractivity contribution in [3.63, 3.8) is 0 Å². The van der Waals surface area contributed by atoms with Crippen LogP contribution in [0.4, 0.5) is 0 Å². The fraction of sp³-hybridized carbons (Fsp3) is 0.939. The van der Waals surface area contributed by atoms with E-state index in [9.17, 15) is 9.59 Å². The Morgan fingerprint density at radius 3 is 2.11 bits per heavy atom. The molecule has 2 fully saturated rings. The van der Waals surface area contributed by atoms with E-state index >= 15 is 0 Å². The van der Waals surface area contributed by atoms with Crippen LogP contribution in [0.25, 0.3) is 0 Å². The number of nitrogens with two attached hydrogens (primary N) is 1. The van der Waals surface area contributed by atoms with Crippen molar-refractivity contribution in [1.29, 1.82) is 0 Å². The quantitative estimate of drug-likeness (QED) is 0.241. The summed E-state index contributed by atoms with van der Waals surface area (Å²) in [6.07, 6.45) is 12.3. The molecule has 4 N–H and O–H groups in total. The summed E-state index contributed by atoms with van der Waals surface area (Å²) in [6.45, 7) is 23.6. The number of Topliss-reactive ketones (excluding diaryl/α,β-unsaturated/α-hetero) is 1. The number of hydrogen-bond donors (Lipinski definition) is 3. The van der Waals surface area contributed by atoms with Crippen LogP contribution in [0.3, 0.4) is 0 Å². The average molecular weight is 544 g/mol. The average Bonchev–Trinajstić information content (AvgIpc) is 2.91. The Kier molecular flexibility index (Phi) is 23.9. The molecule has 230 valence electrons. The zero-order valence-corrected chi connectivity index (χ0v) is 27.7. The molecule has 0 radical (unpaired) electrons. The molecular weight excluding hydrogens is 474 g/mol. The Labute approximate surface area is 238 Å². The third kappa shape index (κ3) is 13.4. The lowest BCUT2D eigenvalue weighted by Crippen LogP contribution is -2.60. The smallest absolute Gasteiger partial charge is 0.303 e. The minimum absolute atomic E-state index is 0.0411. The Morgan fingerprint density at radius 2 is 1.61 bits per heavy atom. The first-order chi connectivity index (χ1) is 17.9. The lowest BCUT2D eigenvalue weighted by Gasteiger charge is -2.57. The number of carbonyl (C=O) groups excluding carboxylic acids is 1. The maximum absolute atomic E-state index is 12.0. The summed E-state index contributed by atoms with van der Waals surface area (Å²) in [5.41, 5.74) is 7.22. The second kappa shape index (κ2) is 21.8. The van der Waals surface area contributed by atoms with Crippen molar-refractivity contribution in [3.8, 4) is 0 Å². The zero-order chi connectivity index (χ0) is 30.6. The van der Waals surface area contributed by atoms with E-state index in [0.717, 1.165) is 71.3 Å². The number of ketones is 1. The lowest BCUT2D eigenvalue weighted by atomic mass is 9.50. The van der Waals surface area contributed by atoms with Crippen LogP contribution in [0.2, 0.25) is 0 Å². The molecule has 0 aromatic carbocycles. The summed E-state index contributed by atoms with van der Waals surface area (Å²) in [5.74, 6) is 1.47. The molecule has 0 aromatic rings. The molecule has 0 aromatic heterocycles. The largest absolute Gasteiger partial charge is 0.481 e. The van der Waals surface area contributed by atoms with Crippen LogP contribution in [0.15, 0.2) is 0 Å². The summed E-state index contributed by atoms with van der Waals surface area (Å²) < 4.78 is 0. The summed E-state index contributed by atoms with van der Waals surface area (Å²) in [7, 11) is 1.00. The number of rotatable bonds is 11. The van der Waals surface area contributed by atoms with Crippen molar-refractivity contribution in [3.05, 3.63) is 0 Å². The molecule has 0 heterocycles. The minimum atomic E-state index is -0.686. The van der Waals surface area contributed by atoms with Gasteiger partial charge in [-0.05, 0) is 80.0 Å². The van der Waals surface area contributed by atoms with Crippen LogP contribution in [0.1, 0.15) is 160 Å². The van der Waals surface area contributed by atoms with Crippen molar-refractivity contribution in [2.45, 2.75) is 165 Å². The molecule has 0 amide bonds. The standard InChI is InChI=1S/C26H47NO3.3C2H6.CH4O/c1-6-8-19(2)20(9-7-10-23(29)30)11-14-24(3,4)26(27)16-12-21-17-22(28)13-15-25(21,5)18-26;4*1-2/h19-21H,6-18,27H2,1-5H3,(H,29,30);3*1-2H3;2H,1H3. The van der Waals surface area contributed by atoms with Crippen LogP contribution in [-0.2, 0) is 9.59 Å². The maximum Gasteiger partial charge on any atom is 0.303 e. The molecule has 38 heavy (non-hydrogen) atoms. The van der Waals surface area contributed by atoms with Gasteiger partial charge in [0.1, 0.15) is 5.78 Å². The van der Waals surface area contributed by atoms with Gasteiger partial charge in [0.15, 0.2) is 0 Å². The van der Waals surface area contributed by atoms with Gasteiger partial charge in [0.25, 0.3) is 0 Å². The zero-order valence-electron chi connectivity index (χ0n) is 27.7. The number of hydrogen-bond acceptors (Lipinski definition) is 4. The predicted octanol–water partition coefficient (Wildman–Crippen LogP) is 9.04. The summed E-state index contributed by atoms with van der Waals surface area (Å²) in [5, 5.41) is 16.0. The highest BCUT2D eigenvalue weighted by Crippen LogP contribution is 2.56. The van der Waals surface area contributed by atoms with Crippen LogP contribution in [0.5, 0.6) is 0 Å². The van der Waals surface area contributed by atoms with Gasteiger partial charge in [-0.15, -0.1) is 0 Å². The van der Waals surface area contributed by atoms with Crippen molar-refractivity contribution in [2.24, 2.45) is 34.3 Å². The third-order valence-electron chi connectivity index (χ3n) is 9.10. The van der Waals surface area contributed by atoms with Crippen molar-refractivity contribution < 1.29 is 19.8 Å². The molecule has 0 spiro atoms. The number of carboxylic acid groups (broad SMARTS) is 1. The van der Waals surface area contributed by atoms with Crippen molar-refractivity contribution in [1.82, 2.24) is 0 Å². The van der Waals surface area contributed by atoms with E-state index in [1.54, 1.807) is 0 Å². The second-order valence-corrected chi connectivity index (χ2v) is 11.7. The normalized spacial score (nSPS) is 25.7. The van der Waals surface area contributed by atoms with E-state index in [2.05, 4.69) is 34.6 Å². The molecule has 5 atom stereocenters. The first kappa shape index (κ1) is 41.5. The second-order valence-electron chi connectivity index (χ2n) is 11.7. The molecule has 5 nitrogen and oxygen atoms in total. The molecule has 5 heteroatoms. The van der Waals surface area contributed by atoms with Gasteiger partial charge < -0.3 is 15.9 Å².